The Morgan fingerprint density at radius 1 is 1.22 bits per heavy atom. The van der Waals surface area contributed by atoms with Crippen LogP contribution in [0.25, 0.3) is 10.9 Å². The van der Waals surface area contributed by atoms with E-state index >= 15 is 13.2 Å². The largest absolute Gasteiger partial charge is 0.376 e. The Morgan fingerprint density at radius 3 is 2.69 bits per heavy atom. The van der Waals surface area contributed by atoms with Crippen molar-refractivity contribution in [1.29, 1.82) is 10.7 Å². The molecule has 6 N–H and O–H groups in total. The Labute approximate surface area is 210 Å². The van der Waals surface area contributed by atoms with Crippen molar-refractivity contribution in [2.45, 2.75) is 12.3 Å². The first-order valence-corrected chi connectivity index (χ1v) is 10.4. The van der Waals surface area contributed by atoms with E-state index < -0.39 is 36.6 Å². The van der Waals surface area contributed by atoms with E-state index in [2.05, 4.69) is 21.1 Å². The third-order valence-electron chi connectivity index (χ3n) is 4.94. The Bertz CT molecular complexity index is 1280. The summed E-state index contributed by atoms with van der Waals surface area (Å²) in [6, 6.07) is 12.0. The molecule has 0 fully saturated rings. The first-order valence-electron chi connectivity index (χ1n) is 10.4. The number of alkyl halides is 2. The maximum absolute atomic E-state index is 15.1. The first kappa shape index (κ1) is 28.2. The van der Waals surface area contributed by atoms with Crippen molar-refractivity contribution in [2.75, 3.05) is 25.0 Å². The molecular formula is C23H23ClF3N7O2. The fourth-order valence-corrected chi connectivity index (χ4v) is 3.33. The van der Waals surface area contributed by atoms with Gasteiger partial charge in [-0.2, -0.15) is 14.0 Å². The zero-order valence-electron chi connectivity index (χ0n) is 18.8. The average molecular weight is 522 g/mol. The highest BCUT2D eigenvalue weighted by atomic mass is 35.5. The number of anilines is 1. The van der Waals surface area contributed by atoms with Gasteiger partial charge in [0, 0.05) is 29.3 Å². The molecule has 0 saturated carbocycles. The van der Waals surface area contributed by atoms with Gasteiger partial charge < -0.3 is 16.4 Å². The van der Waals surface area contributed by atoms with E-state index in [9.17, 15) is 10.1 Å². The second-order valence-electron chi connectivity index (χ2n) is 7.39. The van der Waals surface area contributed by atoms with Crippen LogP contribution in [-0.4, -0.2) is 36.5 Å². The van der Waals surface area contributed by atoms with Crippen molar-refractivity contribution in [3.05, 3.63) is 71.2 Å². The van der Waals surface area contributed by atoms with Gasteiger partial charge in [0.25, 0.3) is 5.92 Å². The quantitative estimate of drug-likeness (QED) is 0.119. The first-order chi connectivity index (χ1) is 16.7. The summed E-state index contributed by atoms with van der Waals surface area (Å²) in [6.07, 6.45) is 0.924. The molecule has 0 radical (unpaired) electrons. The van der Waals surface area contributed by atoms with E-state index in [0.29, 0.717) is 5.39 Å². The van der Waals surface area contributed by atoms with E-state index in [-0.39, 0.29) is 53.5 Å². The predicted molar refractivity (Wildman–Crippen MR) is 130 cm³/mol. The lowest BCUT2D eigenvalue weighted by Crippen LogP contribution is -2.35. The number of carbonyl (C=O) groups is 1. The van der Waals surface area contributed by atoms with Gasteiger partial charge >= 0.3 is 0 Å². The highest BCUT2D eigenvalue weighted by Gasteiger charge is 2.34. The van der Waals surface area contributed by atoms with Crippen LogP contribution in [0, 0.1) is 22.6 Å². The van der Waals surface area contributed by atoms with Crippen molar-refractivity contribution in [1.82, 2.24) is 15.8 Å². The van der Waals surface area contributed by atoms with Crippen LogP contribution in [0.2, 0.25) is 0 Å². The van der Waals surface area contributed by atoms with Crippen molar-refractivity contribution in [3.63, 3.8) is 0 Å². The number of nitrogens with one attached hydrogen (secondary N) is 4. The van der Waals surface area contributed by atoms with Crippen LogP contribution < -0.4 is 21.8 Å². The summed E-state index contributed by atoms with van der Waals surface area (Å²) in [5.74, 6) is -5.39. The molecule has 3 rings (SSSR count). The number of benzene rings is 2. The van der Waals surface area contributed by atoms with Crippen molar-refractivity contribution < 1.29 is 22.8 Å². The molecule has 1 aromatic heterocycles. The van der Waals surface area contributed by atoms with Gasteiger partial charge in [-0.1, -0.05) is 24.3 Å². The van der Waals surface area contributed by atoms with Gasteiger partial charge in [0.1, 0.15) is 0 Å². The zero-order valence-corrected chi connectivity index (χ0v) is 19.6. The number of rotatable bonds is 10. The van der Waals surface area contributed by atoms with Gasteiger partial charge in [-0.15, -0.1) is 12.4 Å². The third kappa shape index (κ3) is 6.97. The number of hydrogen-bond acceptors (Lipinski definition) is 6. The molecule has 3 aromatic rings. The minimum Gasteiger partial charge on any atom is -0.376 e. The number of halogens is 4. The van der Waals surface area contributed by atoms with Gasteiger partial charge in [0.2, 0.25) is 11.9 Å². The molecule has 0 aliphatic heterocycles. The molecule has 2 aromatic carbocycles. The molecule has 0 saturated heterocycles. The van der Waals surface area contributed by atoms with E-state index in [4.69, 9.17) is 16.0 Å². The van der Waals surface area contributed by atoms with Crippen LogP contribution in [-0.2, 0) is 22.0 Å². The highest BCUT2D eigenvalue weighted by Crippen LogP contribution is 2.33. The molecule has 0 spiro atoms. The molecular weight excluding hydrogens is 499 g/mol. The SMILES string of the molecule is Cl.N#Cc1ccc(NCC(F)(F)c2cccc3cccnc23)c(F)c1CC(=O)NCCONC(=N)N. The standard InChI is InChI=1S/C23H22F3N7O2.ClH/c24-20-16(11-19(34)30-9-10-35-33-22(28)29)15(12-27)6-7-18(20)32-13-23(25,26)17-5-1-3-14-4-2-8-31-21(14)17;/h1-8,32H,9-11,13H2,(H,30,34)(H4,28,29,33);1H. The van der Waals surface area contributed by atoms with Gasteiger partial charge in [0.15, 0.2) is 5.82 Å². The number of carbonyl (C=O) groups excluding carboxylic acids is 1. The maximum atomic E-state index is 15.1. The summed E-state index contributed by atoms with van der Waals surface area (Å²) in [5, 5.41) is 21.6. The molecule has 190 valence electrons. The van der Waals surface area contributed by atoms with Crippen LogP contribution in [0.5, 0.6) is 0 Å². The number of hydroxylamine groups is 1. The fraction of sp³-hybridized carbons (Fsp3) is 0.217. The second kappa shape index (κ2) is 12.6. The topological polar surface area (TPSA) is 149 Å². The van der Waals surface area contributed by atoms with Crippen LogP contribution in [0.4, 0.5) is 18.9 Å². The summed E-state index contributed by atoms with van der Waals surface area (Å²) >= 11 is 0. The van der Waals surface area contributed by atoms with E-state index in [1.807, 2.05) is 0 Å². The van der Waals surface area contributed by atoms with Crippen LogP contribution >= 0.6 is 12.4 Å². The van der Waals surface area contributed by atoms with E-state index in [1.54, 1.807) is 24.3 Å². The average Bonchev–Trinajstić information content (AvgIpc) is 2.83. The Hall–Kier alpha value is -4.08. The molecule has 0 unspecified atom stereocenters. The summed E-state index contributed by atoms with van der Waals surface area (Å²) in [7, 11) is 0. The summed E-state index contributed by atoms with van der Waals surface area (Å²) in [4.78, 5) is 21.0. The van der Waals surface area contributed by atoms with E-state index in [0.717, 1.165) is 0 Å². The fourth-order valence-electron chi connectivity index (χ4n) is 3.33. The highest BCUT2D eigenvalue weighted by molar-refractivity contribution is 5.85. The summed E-state index contributed by atoms with van der Waals surface area (Å²) in [5.41, 5.74) is 6.36. The number of guanidine groups is 1. The molecule has 0 aliphatic carbocycles. The number of fused-ring (bicyclic) bond motifs is 1. The number of pyridine rings is 1. The van der Waals surface area contributed by atoms with Crippen LogP contribution in [0.15, 0.2) is 48.7 Å². The molecule has 9 nitrogen and oxygen atoms in total. The minimum absolute atomic E-state index is 0. The zero-order chi connectivity index (χ0) is 25.4. The van der Waals surface area contributed by atoms with E-state index in [1.165, 1.54) is 30.5 Å². The molecule has 1 heterocycles. The molecule has 36 heavy (non-hydrogen) atoms. The minimum atomic E-state index is -3.39. The van der Waals surface area contributed by atoms with Crippen molar-refractivity contribution >= 4 is 40.9 Å². The number of nitriles is 1. The van der Waals surface area contributed by atoms with Crippen molar-refractivity contribution in [3.8, 4) is 6.07 Å². The van der Waals surface area contributed by atoms with Crippen LogP contribution in [0.1, 0.15) is 16.7 Å². The van der Waals surface area contributed by atoms with Crippen molar-refractivity contribution in [2.24, 2.45) is 5.73 Å². The maximum Gasteiger partial charge on any atom is 0.292 e. The lowest BCUT2D eigenvalue weighted by Gasteiger charge is -2.20. The molecule has 13 heteroatoms. The lowest BCUT2D eigenvalue weighted by atomic mass is 10.0. The number of nitrogens with zero attached hydrogens (tertiary/aromatic N) is 2. The van der Waals surface area contributed by atoms with Gasteiger partial charge in [-0.3, -0.25) is 20.0 Å². The van der Waals surface area contributed by atoms with Gasteiger partial charge in [-0.25, -0.2) is 9.87 Å². The molecule has 0 aliphatic rings. The molecule has 0 atom stereocenters. The number of hydrogen-bond donors (Lipinski definition) is 5. The Balaban J connectivity index is 0.00000456. The predicted octanol–water partition coefficient (Wildman–Crippen LogP) is 2.94. The number of nitrogens with two attached hydrogens (primary N) is 1. The smallest absolute Gasteiger partial charge is 0.292 e. The lowest BCUT2D eigenvalue weighted by molar-refractivity contribution is -0.120. The Kier molecular flexibility index (Phi) is 9.83. The number of para-hydroxylation sites is 1. The second-order valence-corrected chi connectivity index (χ2v) is 7.39. The molecule has 1 amide bonds. The monoisotopic (exact) mass is 521 g/mol. The van der Waals surface area contributed by atoms with Crippen LogP contribution in [0.3, 0.4) is 0 Å². The van der Waals surface area contributed by atoms with Gasteiger partial charge in [0.05, 0.1) is 42.4 Å². The number of aromatic nitrogens is 1. The van der Waals surface area contributed by atoms with Gasteiger partial charge in [-0.05, 0) is 18.2 Å². The third-order valence-corrected chi connectivity index (χ3v) is 4.94. The summed E-state index contributed by atoms with van der Waals surface area (Å²) < 4.78 is 45.2. The molecule has 0 bridgehead atoms. The summed E-state index contributed by atoms with van der Waals surface area (Å²) in [6.45, 7) is -0.942. The number of amides is 1. The normalized spacial score (nSPS) is 10.7. The Morgan fingerprint density at radius 2 is 1.97 bits per heavy atom.